The van der Waals surface area contributed by atoms with Gasteiger partial charge in [0.05, 0.1) is 39.0 Å². The van der Waals surface area contributed by atoms with Gasteiger partial charge in [-0.05, 0) is 38.5 Å². The number of allylic oxidation sites excluding steroid dienone is 2. The average molecular weight is 470 g/mol. The number of aliphatic carboxylic acids is 3. The average Bonchev–Trinajstić information content (AvgIpc) is 2.76. The summed E-state index contributed by atoms with van der Waals surface area (Å²) in [5.41, 5.74) is 0. The zero-order valence-corrected chi connectivity index (χ0v) is 20.8. The van der Waals surface area contributed by atoms with Gasteiger partial charge in [-0.2, -0.15) is 0 Å². The summed E-state index contributed by atoms with van der Waals surface area (Å²) in [6, 6.07) is 0. The molecule has 33 heavy (non-hydrogen) atoms. The Labute approximate surface area is 200 Å². The van der Waals surface area contributed by atoms with Gasteiger partial charge in [0.25, 0.3) is 0 Å². The van der Waals surface area contributed by atoms with Crippen LogP contribution in [0.1, 0.15) is 110 Å². The van der Waals surface area contributed by atoms with Crippen LogP contribution < -0.4 is 5.11 Å². The number of rotatable bonds is 24. The molecule has 0 spiro atoms. The Morgan fingerprint density at radius 3 is 1.52 bits per heavy atom. The summed E-state index contributed by atoms with van der Waals surface area (Å²) in [6.07, 6.45) is 19.6. The first-order valence-corrected chi connectivity index (χ1v) is 12.9. The summed E-state index contributed by atoms with van der Waals surface area (Å²) in [5.74, 6) is -3.09. The molecule has 0 saturated carbocycles. The Balaban J connectivity index is 4.17. The number of nitrogens with zero attached hydrogens (tertiary/aromatic N) is 1. The lowest BCUT2D eigenvalue weighted by atomic mass is 10.1. The molecule has 0 aromatic carbocycles. The summed E-state index contributed by atoms with van der Waals surface area (Å²) in [5, 5.41) is 29.1. The third-order valence-corrected chi connectivity index (χ3v) is 6.28. The van der Waals surface area contributed by atoms with Crippen molar-refractivity contribution < 1.29 is 34.2 Å². The number of quaternary nitrogens is 1. The quantitative estimate of drug-likeness (QED) is 0.122. The standard InChI is InChI=1S/C26H47NO6/c1-2-3-4-5-6-7-8-9-10-11-12-13-14-15-16-20-27(21-17-24(28)29,22-18-25(30)31)23-19-26(32)33/h7-8H,2-6,9-23H2,1H3,(H2-,28,29,30,31,32,33)/b8-7+. The fourth-order valence-corrected chi connectivity index (χ4v) is 4.18. The van der Waals surface area contributed by atoms with E-state index in [1.807, 2.05) is 0 Å². The molecule has 0 amide bonds. The predicted molar refractivity (Wildman–Crippen MR) is 129 cm³/mol. The Kier molecular flexibility index (Phi) is 19.5. The van der Waals surface area contributed by atoms with Crippen molar-refractivity contribution in [2.75, 3.05) is 26.2 Å². The highest BCUT2D eigenvalue weighted by Gasteiger charge is 2.28. The molecule has 0 atom stereocenters. The van der Waals surface area contributed by atoms with Gasteiger partial charge in [-0.1, -0.05) is 64.0 Å². The molecular weight excluding hydrogens is 422 g/mol. The highest BCUT2D eigenvalue weighted by molar-refractivity contribution is 5.67. The van der Waals surface area contributed by atoms with Crippen molar-refractivity contribution in [2.45, 2.75) is 110 Å². The largest absolute Gasteiger partial charge is 0.550 e. The molecule has 0 rings (SSSR count). The molecule has 0 aliphatic heterocycles. The molecular formula is C26H47NO6. The predicted octanol–water partition coefficient (Wildman–Crippen LogP) is 4.54. The second-order valence-corrected chi connectivity index (χ2v) is 9.23. The van der Waals surface area contributed by atoms with E-state index in [-0.39, 0.29) is 43.4 Å². The van der Waals surface area contributed by atoms with Gasteiger partial charge in [0.2, 0.25) is 0 Å². The third kappa shape index (κ3) is 20.4. The second kappa shape index (κ2) is 20.7. The van der Waals surface area contributed by atoms with Gasteiger partial charge in [0.1, 0.15) is 0 Å². The van der Waals surface area contributed by atoms with E-state index in [1.54, 1.807) is 0 Å². The van der Waals surface area contributed by atoms with Crippen LogP contribution in [0.3, 0.4) is 0 Å². The molecule has 0 heterocycles. The van der Waals surface area contributed by atoms with Crippen LogP contribution in [-0.2, 0) is 14.4 Å². The van der Waals surface area contributed by atoms with Gasteiger partial charge in [-0.3, -0.25) is 9.59 Å². The Hall–Kier alpha value is -1.89. The van der Waals surface area contributed by atoms with Crippen molar-refractivity contribution in [3.63, 3.8) is 0 Å². The van der Waals surface area contributed by atoms with E-state index in [4.69, 9.17) is 10.2 Å². The molecule has 0 aromatic heterocycles. The summed E-state index contributed by atoms with van der Waals surface area (Å²) in [4.78, 5) is 33.1. The lowest BCUT2D eigenvalue weighted by molar-refractivity contribution is -0.927. The summed E-state index contributed by atoms with van der Waals surface area (Å²) < 4.78 is 0.220. The van der Waals surface area contributed by atoms with Crippen LogP contribution in [0.4, 0.5) is 0 Å². The van der Waals surface area contributed by atoms with Crippen molar-refractivity contribution >= 4 is 17.9 Å². The molecule has 0 fully saturated rings. The molecule has 7 nitrogen and oxygen atoms in total. The lowest BCUT2D eigenvalue weighted by Crippen LogP contribution is -2.53. The first-order valence-electron chi connectivity index (χ1n) is 12.9. The van der Waals surface area contributed by atoms with Crippen molar-refractivity contribution in [1.29, 1.82) is 0 Å². The maximum atomic E-state index is 11.1. The second-order valence-electron chi connectivity index (χ2n) is 9.23. The van der Waals surface area contributed by atoms with Crippen LogP contribution in [0.5, 0.6) is 0 Å². The number of unbranched alkanes of at least 4 members (excludes halogenated alkanes) is 11. The number of carbonyl (C=O) groups is 3. The highest BCUT2D eigenvalue weighted by Crippen LogP contribution is 2.16. The maximum absolute atomic E-state index is 11.1. The van der Waals surface area contributed by atoms with Crippen molar-refractivity contribution in [3.8, 4) is 0 Å². The van der Waals surface area contributed by atoms with E-state index >= 15 is 0 Å². The summed E-state index contributed by atoms with van der Waals surface area (Å²) in [6.45, 7) is 3.56. The normalized spacial score (nSPS) is 11.8. The summed E-state index contributed by atoms with van der Waals surface area (Å²) >= 11 is 0. The van der Waals surface area contributed by atoms with Gasteiger partial charge >= 0.3 is 11.9 Å². The van der Waals surface area contributed by atoms with Crippen LogP contribution >= 0.6 is 0 Å². The van der Waals surface area contributed by atoms with Crippen LogP contribution in [-0.4, -0.2) is 58.8 Å². The zero-order valence-electron chi connectivity index (χ0n) is 20.8. The number of hydrogen-bond donors (Lipinski definition) is 2. The number of carboxylic acids is 3. The molecule has 0 aliphatic rings. The topological polar surface area (TPSA) is 115 Å². The molecule has 0 aromatic rings. The lowest BCUT2D eigenvalue weighted by Gasteiger charge is -2.38. The van der Waals surface area contributed by atoms with Crippen LogP contribution in [0.15, 0.2) is 12.2 Å². The molecule has 0 bridgehead atoms. The fraction of sp³-hybridized carbons (Fsp3) is 0.808. The monoisotopic (exact) mass is 469 g/mol. The molecule has 0 radical (unpaired) electrons. The zero-order chi connectivity index (χ0) is 24.8. The van der Waals surface area contributed by atoms with Gasteiger partial charge in [0.15, 0.2) is 0 Å². The van der Waals surface area contributed by atoms with Crippen molar-refractivity contribution in [3.05, 3.63) is 12.2 Å². The van der Waals surface area contributed by atoms with Gasteiger partial charge in [-0.15, -0.1) is 0 Å². The van der Waals surface area contributed by atoms with Gasteiger partial charge in [-0.25, -0.2) is 0 Å². The Morgan fingerprint density at radius 1 is 0.636 bits per heavy atom. The van der Waals surface area contributed by atoms with Crippen LogP contribution in [0.2, 0.25) is 0 Å². The van der Waals surface area contributed by atoms with Gasteiger partial charge in [0, 0.05) is 12.4 Å². The Morgan fingerprint density at radius 2 is 1.06 bits per heavy atom. The number of carbonyl (C=O) groups excluding carboxylic acids is 1. The van der Waals surface area contributed by atoms with Crippen LogP contribution in [0, 0.1) is 0 Å². The maximum Gasteiger partial charge on any atom is 0.309 e. The molecule has 0 saturated heterocycles. The number of hydrogen-bond acceptors (Lipinski definition) is 4. The summed E-state index contributed by atoms with van der Waals surface area (Å²) in [7, 11) is 0. The van der Waals surface area contributed by atoms with E-state index in [2.05, 4.69) is 19.1 Å². The Bertz CT molecular complexity index is 515. The molecule has 0 unspecified atom stereocenters. The number of carboxylic acid groups (broad SMARTS) is 3. The van der Waals surface area contributed by atoms with Crippen molar-refractivity contribution in [2.24, 2.45) is 0 Å². The minimum absolute atomic E-state index is 0.0974. The van der Waals surface area contributed by atoms with Crippen molar-refractivity contribution in [1.82, 2.24) is 0 Å². The molecule has 0 aliphatic carbocycles. The van der Waals surface area contributed by atoms with E-state index in [0.29, 0.717) is 6.54 Å². The third-order valence-electron chi connectivity index (χ3n) is 6.28. The van der Waals surface area contributed by atoms with E-state index < -0.39 is 17.9 Å². The molecule has 192 valence electrons. The van der Waals surface area contributed by atoms with E-state index in [9.17, 15) is 19.5 Å². The minimum Gasteiger partial charge on any atom is -0.550 e. The fourth-order valence-electron chi connectivity index (χ4n) is 4.18. The van der Waals surface area contributed by atoms with E-state index in [1.165, 1.54) is 51.4 Å². The minimum atomic E-state index is -1.19. The van der Waals surface area contributed by atoms with Crippen LogP contribution in [0.25, 0.3) is 0 Å². The first kappa shape index (κ1) is 31.1. The smallest absolute Gasteiger partial charge is 0.309 e. The molecule has 2 N–H and O–H groups in total. The van der Waals surface area contributed by atoms with E-state index in [0.717, 1.165) is 32.1 Å². The van der Waals surface area contributed by atoms with Gasteiger partial charge < -0.3 is 24.6 Å². The highest BCUT2D eigenvalue weighted by atomic mass is 16.4. The SMILES string of the molecule is CCCCCC/C=C/CCCCCCCCC[N+](CCC(=O)[O-])(CCC(=O)O)CCC(=O)O. The molecule has 7 heteroatoms. The first-order chi connectivity index (χ1) is 15.8.